The fraction of sp³-hybridized carbons (Fsp3) is 0.333. The van der Waals surface area contributed by atoms with Crippen LogP contribution in [0.4, 0.5) is 10.7 Å². The van der Waals surface area contributed by atoms with E-state index in [4.69, 9.17) is 5.73 Å². The summed E-state index contributed by atoms with van der Waals surface area (Å²) in [4.78, 5) is 6.86. The first-order valence-corrected chi connectivity index (χ1v) is 7.44. The summed E-state index contributed by atoms with van der Waals surface area (Å²) in [5, 5.41) is 10.3. The largest absolute Gasteiger partial charge is 0.397 e. The van der Waals surface area contributed by atoms with Gasteiger partial charge in [-0.2, -0.15) is 5.26 Å². The van der Waals surface area contributed by atoms with Gasteiger partial charge in [0.05, 0.1) is 10.7 Å². The summed E-state index contributed by atoms with van der Waals surface area (Å²) in [6, 6.07) is 6.23. The average Bonchev–Trinajstić information content (AvgIpc) is 3.23. The number of thiophene rings is 1. The van der Waals surface area contributed by atoms with Gasteiger partial charge in [-0.3, -0.25) is 4.98 Å². The van der Waals surface area contributed by atoms with Crippen molar-refractivity contribution >= 4 is 22.0 Å². The van der Waals surface area contributed by atoms with Crippen LogP contribution >= 0.6 is 11.3 Å². The number of anilines is 2. The van der Waals surface area contributed by atoms with Gasteiger partial charge in [0.15, 0.2) is 0 Å². The van der Waals surface area contributed by atoms with E-state index >= 15 is 0 Å². The van der Waals surface area contributed by atoms with Gasteiger partial charge in [0.25, 0.3) is 0 Å². The lowest BCUT2D eigenvalue weighted by Crippen LogP contribution is -2.16. The molecule has 0 unspecified atom stereocenters. The highest BCUT2D eigenvalue weighted by molar-refractivity contribution is 7.17. The van der Waals surface area contributed by atoms with E-state index in [9.17, 15) is 5.26 Å². The molecule has 0 bridgehead atoms. The molecular formula is C15H16N4S. The molecular weight excluding hydrogens is 268 g/mol. The number of nitriles is 1. The molecule has 20 heavy (non-hydrogen) atoms. The van der Waals surface area contributed by atoms with Crippen LogP contribution in [0.5, 0.6) is 0 Å². The number of rotatable bonds is 4. The van der Waals surface area contributed by atoms with Crippen LogP contribution in [0, 0.1) is 11.3 Å². The van der Waals surface area contributed by atoms with Gasteiger partial charge in [-0.1, -0.05) is 0 Å². The zero-order valence-electron chi connectivity index (χ0n) is 11.3. The van der Waals surface area contributed by atoms with Crippen molar-refractivity contribution in [1.82, 2.24) is 4.98 Å². The maximum atomic E-state index is 9.18. The topological polar surface area (TPSA) is 65.9 Å². The first-order chi connectivity index (χ1) is 9.70. The monoisotopic (exact) mass is 284 g/mol. The lowest BCUT2D eigenvalue weighted by atomic mass is 10.1. The fourth-order valence-electron chi connectivity index (χ4n) is 2.41. The molecule has 4 nitrogen and oxygen atoms in total. The van der Waals surface area contributed by atoms with Crippen molar-refractivity contribution in [3.63, 3.8) is 0 Å². The van der Waals surface area contributed by atoms with Crippen LogP contribution in [0.2, 0.25) is 0 Å². The third-order valence-electron chi connectivity index (χ3n) is 3.57. The quantitative estimate of drug-likeness (QED) is 0.936. The lowest BCUT2D eigenvalue weighted by molar-refractivity contribution is 0.918. The van der Waals surface area contributed by atoms with Crippen LogP contribution in [0.15, 0.2) is 24.5 Å². The first-order valence-electron chi connectivity index (χ1n) is 6.63. The number of hydrogen-bond donors (Lipinski definition) is 1. The fourth-order valence-corrected chi connectivity index (χ4v) is 3.48. The van der Waals surface area contributed by atoms with Crippen molar-refractivity contribution in [2.75, 3.05) is 17.7 Å². The van der Waals surface area contributed by atoms with Crippen LogP contribution in [-0.2, 0) is 6.54 Å². The van der Waals surface area contributed by atoms with Crippen LogP contribution in [0.3, 0.4) is 0 Å². The van der Waals surface area contributed by atoms with Gasteiger partial charge in [0.2, 0.25) is 0 Å². The van der Waals surface area contributed by atoms with Gasteiger partial charge >= 0.3 is 0 Å². The van der Waals surface area contributed by atoms with Crippen molar-refractivity contribution in [1.29, 1.82) is 5.26 Å². The van der Waals surface area contributed by atoms with Crippen LogP contribution in [-0.4, -0.2) is 12.0 Å². The minimum Gasteiger partial charge on any atom is -0.397 e. The van der Waals surface area contributed by atoms with Gasteiger partial charge < -0.3 is 10.6 Å². The van der Waals surface area contributed by atoms with Crippen LogP contribution < -0.4 is 10.6 Å². The normalized spacial score (nSPS) is 14.0. The molecule has 0 aromatic carbocycles. The summed E-state index contributed by atoms with van der Waals surface area (Å²) in [5.41, 5.74) is 9.22. The summed E-state index contributed by atoms with van der Waals surface area (Å²) < 4.78 is 0. The molecule has 3 rings (SSSR count). The lowest BCUT2D eigenvalue weighted by Gasteiger charge is -2.19. The molecule has 2 N–H and O–H groups in total. The SMILES string of the molecule is CN(Cc1ccncc1)c1sc(C#N)c(N)c1C1CC1. The number of hydrogen-bond acceptors (Lipinski definition) is 5. The molecule has 1 aliphatic rings. The molecule has 102 valence electrons. The molecule has 0 amide bonds. The molecule has 2 aromatic heterocycles. The Morgan fingerprint density at radius 2 is 2.15 bits per heavy atom. The van der Waals surface area contributed by atoms with E-state index in [1.54, 1.807) is 12.4 Å². The summed E-state index contributed by atoms with van der Waals surface area (Å²) in [7, 11) is 2.05. The van der Waals surface area contributed by atoms with Crippen LogP contribution in [0.1, 0.15) is 34.8 Å². The number of pyridine rings is 1. The van der Waals surface area contributed by atoms with E-state index in [1.807, 2.05) is 12.1 Å². The van der Waals surface area contributed by atoms with E-state index in [0.717, 1.165) is 11.5 Å². The predicted molar refractivity (Wildman–Crippen MR) is 81.8 cm³/mol. The van der Waals surface area contributed by atoms with E-state index in [-0.39, 0.29) is 0 Å². The van der Waals surface area contributed by atoms with Gasteiger partial charge in [-0.25, -0.2) is 0 Å². The number of aromatic nitrogens is 1. The smallest absolute Gasteiger partial charge is 0.130 e. The zero-order valence-corrected chi connectivity index (χ0v) is 12.2. The summed E-state index contributed by atoms with van der Waals surface area (Å²) in [6.45, 7) is 0.799. The molecule has 0 saturated heterocycles. The molecule has 0 spiro atoms. The Morgan fingerprint density at radius 1 is 1.45 bits per heavy atom. The maximum absolute atomic E-state index is 9.18. The molecule has 0 aliphatic heterocycles. The van der Waals surface area contributed by atoms with Crippen molar-refractivity contribution in [3.8, 4) is 6.07 Å². The minimum atomic E-state index is 0.545. The second-order valence-corrected chi connectivity index (χ2v) is 6.16. The van der Waals surface area contributed by atoms with Crippen molar-refractivity contribution in [2.45, 2.75) is 25.3 Å². The third-order valence-corrected chi connectivity index (χ3v) is 4.81. The first kappa shape index (κ1) is 12.9. The van der Waals surface area contributed by atoms with Gasteiger partial charge in [-0.15, -0.1) is 11.3 Å². The molecule has 5 heteroatoms. The highest BCUT2D eigenvalue weighted by Crippen LogP contribution is 2.51. The molecule has 2 aromatic rings. The number of nitrogen functional groups attached to an aromatic ring is 1. The number of nitrogens with two attached hydrogens (primary N) is 1. The summed E-state index contributed by atoms with van der Waals surface area (Å²) >= 11 is 1.51. The molecule has 2 heterocycles. The van der Waals surface area contributed by atoms with E-state index in [2.05, 4.69) is 23.0 Å². The Hall–Kier alpha value is -2.06. The standard InChI is InChI=1S/C15H16N4S/c1-19(9-10-4-6-18-7-5-10)15-13(11-2-3-11)14(17)12(8-16)20-15/h4-7,11H,2-3,9,17H2,1H3. The van der Waals surface area contributed by atoms with Gasteiger partial charge in [0, 0.05) is 31.5 Å². The Labute approximate surface area is 122 Å². The average molecular weight is 284 g/mol. The molecule has 1 saturated carbocycles. The zero-order chi connectivity index (χ0) is 14.1. The van der Waals surface area contributed by atoms with E-state index in [0.29, 0.717) is 16.5 Å². The summed E-state index contributed by atoms with van der Waals surface area (Å²) in [5.74, 6) is 0.545. The Kier molecular flexibility index (Phi) is 3.33. The highest BCUT2D eigenvalue weighted by Gasteiger charge is 2.32. The summed E-state index contributed by atoms with van der Waals surface area (Å²) in [6.07, 6.45) is 5.97. The second kappa shape index (κ2) is 5.14. The number of nitrogens with zero attached hydrogens (tertiary/aromatic N) is 3. The highest BCUT2D eigenvalue weighted by atomic mass is 32.1. The molecule has 1 aliphatic carbocycles. The second-order valence-electron chi connectivity index (χ2n) is 5.16. The van der Waals surface area contributed by atoms with Crippen LogP contribution in [0.25, 0.3) is 0 Å². The minimum absolute atomic E-state index is 0.545. The van der Waals surface area contributed by atoms with E-state index < -0.39 is 0 Å². The van der Waals surface area contributed by atoms with Gasteiger partial charge in [0.1, 0.15) is 10.9 Å². The van der Waals surface area contributed by atoms with Crippen molar-refractivity contribution in [3.05, 3.63) is 40.5 Å². The molecule has 1 fully saturated rings. The maximum Gasteiger partial charge on any atom is 0.130 e. The Balaban J connectivity index is 1.91. The third kappa shape index (κ3) is 2.35. The van der Waals surface area contributed by atoms with E-state index in [1.165, 1.54) is 35.3 Å². The van der Waals surface area contributed by atoms with Crippen molar-refractivity contribution < 1.29 is 0 Å². The molecule has 0 atom stereocenters. The Morgan fingerprint density at radius 3 is 2.75 bits per heavy atom. The van der Waals surface area contributed by atoms with Gasteiger partial charge in [-0.05, 0) is 36.5 Å². The molecule has 0 radical (unpaired) electrons. The Bertz CT molecular complexity index is 653. The predicted octanol–water partition coefficient (Wildman–Crippen LogP) is 3.11. The van der Waals surface area contributed by atoms with Crippen molar-refractivity contribution in [2.24, 2.45) is 0 Å².